The van der Waals surface area contributed by atoms with Gasteiger partial charge >= 0.3 is 0 Å². The van der Waals surface area contributed by atoms with Crippen LogP contribution >= 0.6 is 11.8 Å². The Labute approximate surface area is 79.1 Å². The summed E-state index contributed by atoms with van der Waals surface area (Å²) in [6, 6.07) is 0.766. The molecule has 0 bridgehead atoms. The van der Waals surface area contributed by atoms with E-state index in [9.17, 15) is 0 Å². The van der Waals surface area contributed by atoms with Crippen LogP contribution < -0.4 is 5.32 Å². The predicted octanol–water partition coefficient (Wildman–Crippen LogP) is 0.787. The molecular formula is C9H18N2S. The molecule has 2 fully saturated rings. The van der Waals surface area contributed by atoms with E-state index in [-0.39, 0.29) is 0 Å². The number of hydrogen-bond acceptors (Lipinski definition) is 3. The Morgan fingerprint density at radius 1 is 1.33 bits per heavy atom. The Morgan fingerprint density at radius 2 is 2.17 bits per heavy atom. The fourth-order valence-electron chi connectivity index (χ4n) is 2.01. The van der Waals surface area contributed by atoms with Crippen LogP contribution in [0.4, 0.5) is 0 Å². The zero-order chi connectivity index (χ0) is 8.23. The van der Waals surface area contributed by atoms with Gasteiger partial charge in [0.05, 0.1) is 0 Å². The molecule has 0 spiro atoms. The molecule has 12 heavy (non-hydrogen) atoms. The van der Waals surface area contributed by atoms with Crippen LogP contribution in [0.2, 0.25) is 0 Å². The van der Waals surface area contributed by atoms with Crippen molar-refractivity contribution in [1.82, 2.24) is 10.2 Å². The summed E-state index contributed by atoms with van der Waals surface area (Å²) in [6.45, 7) is 5.17. The second-order valence-electron chi connectivity index (χ2n) is 3.73. The van der Waals surface area contributed by atoms with Crippen LogP contribution in [0.25, 0.3) is 0 Å². The van der Waals surface area contributed by atoms with Gasteiger partial charge in [0.1, 0.15) is 0 Å². The highest BCUT2D eigenvalue weighted by Gasteiger charge is 2.18. The molecule has 0 aromatic carbocycles. The molecule has 0 aliphatic carbocycles. The van der Waals surface area contributed by atoms with Gasteiger partial charge in [-0.1, -0.05) is 0 Å². The van der Waals surface area contributed by atoms with E-state index in [1.54, 1.807) is 0 Å². The lowest BCUT2D eigenvalue weighted by Crippen LogP contribution is -2.45. The quantitative estimate of drug-likeness (QED) is 0.686. The smallest absolute Gasteiger partial charge is 0.0285 e. The standard InChI is InChI=1S/C9H18N2S/c1-2-5-11(4-1)7-9-8-12-6-3-10-9/h9-10H,1-8H2/t9-/m1/s1. The average Bonchev–Trinajstić information content (AvgIpc) is 2.59. The Balaban J connectivity index is 1.69. The lowest BCUT2D eigenvalue weighted by Gasteiger charge is -2.27. The molecule has 2 nitrogen and oxygen atoms in total. The van der Waals surface area contributed by atoms with E-state index in [1.807, 2.05) is 0 Å². The second-order valence-corrected chi connectivity index (χ2v) is 4.88. The van der Waals surface area contributed by atoms with Crippen molar-refractivity contribution in [2.24, 2.45) is 0 Å². The van der Waals surface area contributed by atoms with Crippen LogP contribution in [-0.2, 0) is 0 Å². The molecule has 2 rings (SSSR count). The first kappa shape index (κ1) is 8.85. The van der Waals surface area contributed by atoms with Crippen LogP contribution in [0.5, 0.6) is 0 Å². The predicted molar refractivity (Wildman–Crippen MR) is 54.8 cm³/mol. The largest absolute Gasteiger partial charge is 0.311 e. The van der Waals surface area contributed by atoms with Crippen molar-refractivity contribution in [2.45, 2.75) is 18.9 Å². The highest BCUT2D eigenvalue weighted by atomic mass is 32.2. The van der Waals surface area contributed by atoms with Crippen molar-refractivity contribution < 1.29 is 0 Å². The average molecular weight is 186 g/mol. The van der Waals surface area contributed by atoms with Crippen LogP contribution in [0, 0.1) is 0 Å². The maximum atomic E-state index is 3.58. The number of nitrogens with one attached hydrogen (secondary N) is 1. The zero-order valence-electron chi connectivity index (χ0n) is 7.59. The molecular weight excluding hydrogens is 168 g/mol. The van der Waals surface area contributed by atoms with E-state index in [1.165, 1.54) is 50.5 Å². The number of thioether (sulfide) groups is 1. The molecule has 0 aromatic rings. The number of rotatable bonds is 2. The summed E-state index contributed by atoms with van der Waals surface area (Å²) in [5.74, 6) is 2.62. The minimum Gasteiger partial charge on any atom is -0.311 e. The first-order chi connectivity index (χ1) is 5.95. The number of nitrogens with zero attached hydrogens (tertiary/aromatic N) is 1. The molecule has 2 aliphatic heterocycles. The molecule has 0 amide bonds. The normalized spacial score (nSPS) is 32.5. The Hall–Kier alpha value is 0.270. The van der Waals surface area contributed by atoms with Gasteiger partial charge in [-0.15, -0.1) is 0 Å². The summed E-state index contributed by atoms with van der Waals surface area (Å²) in [5, 5.41) is 3.58. The SMILES string of the molecule is C1CCN(C[C@@H]2CSCCN2)C1. The molecule has 3 heteroatoms. The summed E-state index contributed by atoms with van der Waals surface area (Å²) in [5.41, 5.74) is 0. The minimum absolute atomic E-state index is 0.766. The highest BCUT2D eigenvalue weighted by Crippen LogP contribution is 2.12. The summed E-state index contributed by atoms with van der Waals surface area (Å²) >= 11 is 2.10. The van der Waals surface area contributed by atoms with E-state index >= 15 is 0 Å². The van der Waals surface area contributed by atoms with Gasteiger partial charge < -0.3 is 10.2 Å². The molecule has 0 unspecified atom stereocenters. The first-order valence-corrected chi connectivity index (χ1v) is 6.14. The van der Waals surface area contributed by atoms with Crippen LogP contribution in [0.1, 0.15) is 12.8 Å². The molecule has 1 N–H and O–H groups in total. The summed E-state index contributed by atoms with van der Waals surface area (Å²) in [6.07, 6.45) is 2.83. The van der Waals surface area contributed by atoms with E-state index < -0.39 is 0 Å². The van der Waals surface area contributed by atoms with Gasteiger partial charge in [-0.25, -0.2) is 0 Å². The fourth-order valence-corrected chi connectivity index (χ4v) is 2.95. The maximum absolute atomic E-state index is 3.58. The van der Waals surface area contributed by atoms with E-state index in [2.05, 4.69) is 22.0 Å². The topological polar surface area (TPSA) is 15.3 Å². The van der Waals surface area contributed by atoms with Gasteiger partial charge in [0, 0.05) is 30.6 Å². The Morgan fingerprint density at radius 3 is 2.83 bits per heavy atom. The third-order valence-electron chi connectivity index (χ3n) is 2.68. The second kappa shape index (κ2) is 4.49. The Bertz CT molecular complexity index is 128. The van der Waals surface area contributed by atoms with E-state index in [0.29, 0.717) is 0 Å². The van der Waals surface area contributed by atoms with Gasteiger partial charge in [0.25, 0.3) is 0 Å². The molecule has 1 atom stereocenters. The van der Waals surface area contributed by atoms with Crippen molar-refractivity contribution in [2.75, 3.05) is 37.7 Å². The van der Waals surface area contributed by atoms with Crippen LogP contribution in [-0.4, -0.2) is 48.6 Å². The van der Waals surface area contributed by atoms with Crippen molar-refractivity contribution in [3.05, 3.63) is 0 Å². The monoisotopic (exact) mass is 186 g/mol. The minimum atomic E-state index is 0.766. The van der Waals surface area contributed by atoms with E-state index in [4.69, 9.17) is 0 Å². The molecule has 2 saturated heterocycles. The summed E-state index contributed by atoms with van der Waals surface area (Å²) in [4.78, 5) is 2.60. The van der Waals surface area contributed by atoms with Gasteiger partial charge in [-0.3, -0.25) is 0 Å². The third-order valence-corrected chi connectivity index (χ3v) is 3.81. The molecule has 0 radical (unpaired) electrons. The van der Waals surface area contributed by atoms with Gasteiger partial charge in [-0.2, -0.15) is 11.8 Å². The summed E-state index contributed by atoms with van der Waals surface area (Å²) in [7, 11) is 0. The van der Waals surface area contributed by atoms with Crippen molar-refractivity contribution in [1.29, 1.82) is 0 Å². The van der Waals surface area contributed by atoms with Crippen molar-refractivity contribution in [3.8, 4) is 0 Å². The molecule has 70 valence electrons. The molecule has 2 aliphatic rings. The van der Waals surface area contributed by atoms with Crippen LogP contribution in [0.15, 0.2) is 0 Å². The molecule has 0 saturated carbocycles. The lowest BCUT2D eigenvalue weighted by molar-refractivity contribution is 0.301. The molecule has 2 heterocycles. The Kier molecular flexibility index (Phi) is 3.31. The van der Waals surface area contributed by atoms with Gasteiger partial charge in [-0.05, 0) is 25.9 Å². The lowest BCUT2D eigenvalue weighted by atomic mass is 10.3. The van der Waals surface area contributed by atoms with Gasteiger partial charge in [0.2, 0.25) is 0 Å². The van der Waals surface area contributed by atoms with Crippen molar-refractivity contribution >= 4 is 11.8 Å². The fraction of sp³-hybridized carbons (Fsp3) is 1.00. The molecule has 0 aromatic heterocycles. The number of likely N-dealkylation sites (tertiary alicyclic amines) is 1. The third kappa shape index (κ3) is 2.38. The van der Waals surface area contributed by atoms with E-state index in [0.717, 1.165) is 6.04 Å². The first-order valence-electron chi connectivity index (χ1n) is 4.98. The highest BCUT2D eigenvalue weighted by molar-refractivity contribution is 7.99. The van der Waals surface area contributed by atoms with Crippen LogP contribution in [0.3, 0.4) is 0 Å². The number of hydrogen-bond donors (Lipinski definition) is 1. The summed E-state index contributed by atoms with van der Waals surface area (Å²) < 4.78 is 0. The maximum Gasteiger partial charge on any atom is 0.0285 e. The van der Waals surface area contributed by atoms with Crippen molar-refractivity contribution in [3.63, 3.8) is 0 Å². The van der Waals surface area contributed by atoms with Gasteiger partial charge in [0.15, 0.2) is 0 Å². The zero-order valence-corrected chi connectivity index (χ0v) is 8.41.